The molecule has 0 fully saturated rings. The highest BCUT2D eigenvalue weighted by Gasteiger charge is 2.24. The van der Waals surface area contributed by atoms with Crippen molar-refractivity contribution in [3.8, 4) is 50.2 Å². The maximum absolute atomic E-state index is 2.50. The fourth-order valence-corrected chi connectivity index (χ4v) is 11.5. The lowest BCUT2D eigenvalue weighted by Crippen LogP contribution is -2.12. The van der Waals surface area contributed by atoms with Gasteiger partial charge in [0.25, 0.3) is 0 Å². The van der Waals surface area contributed by atoms with Crippen LogP contribution in [0.3, 0.4) is 0 Å². The smallest absolute Gasteiger partial charge is 0.0619 e. The van der Waals surface area contributed by atoms with Crippen molar-refractivity contribution < 1.29 is 0 Å². The van der Waals surface area contributed by atoms with Crippen molar-refractivity contribution in [3.05, 3.63) is 279 Å². The monoisotopic (exact) mass is 914 g/mol. The Hall–Kier alpha value is -9.50. The Labute approximate surface area is 418 Å². The lowest BCUT2D eigenvalue weighted by Gasteiger charge is -2.30. The second-order valence-corrected chi connectivity index (χ2v) is 18.8. The number of aromatic nitrogens is 1. The summed E-state index contributed by atoms with van der Waals surface area (Å²) in [6, 6.07) is 103. The molecule has 0 saturated carbocycles. The van der Waals surface area contributed by atoms with Crippen molar-refractivity contribution >= 4 is 82.0 Å². The molecule has 0 aliphatic heterocycles. The lowest BCUT2D eigenvalue weighted by molar-refractivity contribution is 1.19. The number of fused-ring (bicyclic) bond motifs is 8. The second kappa shape index (κ2) is 17.2. The zero-order valence-electron chi connectivity index (χ0n) is 39.5. The van der Waals surface area contributed by atoms with E-state index >= 15 is 0 Å². The molecular weight excluding hydrogens is 869 g/mol. The van der Waals surface area contributed by atoms with Crippen molar-refractivity contribution in [2.24, 2.45) is 0 Å². The first kappa shape index (κ1) is 41.5. The minimum Gasteiger partial charge on any atom is -0.309 e. The number of anilines is 3. The Morgan fingerprint density at radius 3 is 1.54 bits per heavy atom. The largest absolute Gasteiger partial charge is 0.309 e. The molecule has 0 N–H and O–H groups in total. The second-order valence-electron chi connectivity index (χ2n) is 18.8. The van der Waals surface area contributed by atoms with Crippen LogP contribution in [-0.2, 0) is 0 Å². The Morgan fingerprint density at radius 2 is 0.778 bits per heavy atom. The third-order valence-electron chi connectivity index (χ3n) is 14.8. The van der Waals surface area contributed by atoms with E-state index in [1.165, 1.54) is 81.6 Å². The molecule has 0 saturated heterocycles. The fraction of sp³-hybridized carbons (Fsp3) is 0. The number of benzene rings is 13. The van der Waals surface area contributed by atoms with Crippen molar-refractivity contribution in [2.75, 3.05) is 4.90 Å². The molecule has 13 aromatic carbocycles. The lowest BCUT2D eigenvalue weighted by atomic mass is 9.91. The number of rotatable bonds is 8. The zero-order chi connectivity index (χ0) is 47.5. The van der Waals surface area contributed by atoms with Gasteiger partial charge in [-0.05, 0) is 114 Å². The highest BCUT2D eigenvalue weighted by molar-refractivity contribution is 6.19. The summed E-state index contributed by atoms with van der Waals surface area (Å²) in [5, 5.41) is 12.3. The Morgan fingerprint density at radius 1 is 0.250 bits per heavy atom. The summed E-state index contributed by atoms with van der Waals surface area (Å²) in [5.74, 6) is 0. The molecule has 0 radical (unpaired) electrons. The van der Waals surface area contributed by atoms with Crippen LogP contribution in [0.2, 0.25) is 0 Å². The maximum Gasteiger partial charge on any atom is 0.0619 e. The molecule has 14 rings (SSSR count). The molecule has 0 aliphatic carbocycles. The van der Waals surface area contributed by atoms with Crippen LogP contribution in [0.25, 0.3) is 115 Å². The van der Waals surface area contributed by atoms with Crippen molar-refractivity contribution in [2.45, 2.75) is 0 Å². The highest BCUT2D eigenvalue weighted by atomic mass is 15.1. The van der Waals surface area contributed by atoms with Crippen LogP contribution in [0.4, 0.5) is 17.1 Å². The van der Waals surface area contributed by atoms with Crippen molar-refractivity contribution in [1.29, 1.82) is 0 Å². The molecule has 1 aromatic heterocycles. The van der Waals surface area contributed by atoms with Gasteiger partial charge in [0.2, 0.25) is 0 Å². The molecule has 0 aliphatic rings. The molecule has 72 heavy (non-hydrogen) atoms. The van der Waals surface area contributed by atoms with Gasteiger partial charge in [-0.15, -0.1) is 0 Å². The molecule has 0 bridgehead atoms. The van der Waals surface area contributed by atoms with Gasteiger partial charge in [-0.25, -0.2) is 0 Å². The van der Waals surface area contributed by atoms with Crippen LogP contribution in [0.5, 0.6) is 0 Å². The average molecular weight is 915 g/mol. The minimum atomic E-state index is 1.07. The summed E-state index contributed by atoms with van der Waals surface area (Å²) < 4.78 is 2.46. The molecule has 14 aromatic rings. The Bertz CT molecular complexity index is 4400. The van der Waals surface area contributed by atoms with Crippen molar-refractivity contribution in [1.82, 2.24) is 4.57 Å². The van der Waals surface area contributed by atoms with Crippen molar-refractivity contribution in [3.63, 3.8) is 0 Å². The topological polar surface area (TPSA) is 8.17 Å². The number of hydrogen-bond donors (Lipinski definition) is 0. The summed E-state index contributed by atoms with van der Waals surface area (Å²) in [5.41, 5.74) is 16.2. The molecule has 0 spiro atoms. The minimum absolute atomic E-state index is 1.07. The van der Waals surface area contributed by atoms with Gasteiger partial charge in [0, 0.05) is 38.5 Å². The van der Waals surface area contributed by atoms with E-state index in [0.717, 1.165) is 50.6 Å². The first-order valence-corrected chi connectivity index (χ1v) is 24.8. The standard InChI is InChI=1S/C70H46N2/c1-2-19-49(20-3-1)66-46-53(40-42-56(66)51-26-16-27-52(45-51)72-68-38-15-13-34-64(68)65-41-39-50-23-6-9-30-57(50)70(65)72)71(67-37-14-12-33-62(67)59-36-18-25-48-22-5-8-29-55(48)59)69-44-43-61(60-31-10-11-32-63(60)69)58-35-17-24-47-21-4-7-28-54(47)58/h1-46H. The number of hydrogen-bond acceptors (Lipinski definition) is 1. The van der Waals surface area contributed by atoms with E-state index in [1.807, 2.05) is 0 Å². The molecule has 336 valence electrons. The van der Waals surface area contributed by atoms with Crippen LogP contribution in [-0.4, -0.2) is 4.57 Å². The summed E-state index contributed by atoms with van der Waals surface area (Å²) >= 11 is 0. The number of para-hydroxylation sites is 2. The Kier molecular flexibility index (Phi) is 9.89. The van der Waals surface area contributed by atoms with Gasteiger partial charge in [0.15, 0.2) is 0 Å². The summed E-state index contributed by atoms with van der Waals surface area (Å²) in [6.07, 6.45) is 0. The molecule has 0 atom stereocenters. The normalized spacial score (nSPS) is 11.6. The zero-order valence-corrected chi connectivity index (χ0v) is 39.5. The molecule has 2 heteroatoms. The molecule has 0 unspecified atom stereocenters. The van der Waals surface area contributed by atoms with Gasteiger partial charge in [-0.2, -0.15) is 0 Å². The van der Waals surface area contributed by atoms with Crippen LogP contribution in [0.15, 0.2) is 279 Å². The van der Waals surface area contributed by atoms with E-state index in [0.29, 0.717) is 0 Å². The SMILES string of the molecule is c1ccc(-c2cc(N(c3ccccc3-c3cccc4ccccc34)c3ccc(-c4cccc5ccccc45)c4ccccc34)ccc2-c2cccc(-n3c4ccccc4c4ccc5ccccc5c43)c2)cc1. The molecular formula is C70H46N2. The third kappa shape index (κ3) is 6.80. The third-order valence-corrected chi connectivity index (χ3v) is 14.8. The predicted molar refractivity (Wildman–Crippen MR) is 307 cm³/mol. The van der Waals surface area contributed by atoms with E-state index in [-0.39, 0.29) is 0 Å². The van der Waals surface area contributed by atoms with Gasteiger partial charge in [-0.3, -0.25) is 0 Å². The first-order chi connectivity index (χ1) is 35.7. The maximum atomic E-state index is 2.50. The van der Waals surface area contributed by atoms with E-state index in [4.69, 9.17) is 0 Å². The number of nitrogens with zero attached hydrogens (tertiary/aromatic N) is 2. The van der Waals surface area contributed by atoms with E-state index in [2.05, 4.69) is 289 Å². The van der Waals surface area contributed by atoms with E-state index in [1.54, 1.807) is 0 Å². The quantitative estimate of drug-likeness (QED) is 0.147. The molecule has 1 heterocycles. The predicted octanol–water partition coefficient (Wildman–Crippen LogP) is 19.5. The van der Waals surface area contributed by atoms with Crippen LogP contribution >= 0.6 is 0 Å². The summed E-state index contributed by atoms with van der Waals surface area (Å²) in [6.45, 7) is 0. The molecule has 2 nitrogen and oxygen atoms in total. The van der Waals surface area contributed by atoms with Gasteiger partial charge in [0.1, 0.15) is 0 Å². The van der Waals surface area contributed by atoms with E-state index in [9.17, 15) is 0 Å². The van der Waals surface area contributed by atoms with Gasteiger partial charge in [-0.1, -0.05) is 237 Å². The molecule has 0 amide bonds. The highest BCUT2D eigenvalue weighted by Crippen LogP contribution is 2.49. The van der Waals surface area contributed by atoms with Crippen LogP contribution in [0, 0.1) is 0 Å². The van der Waals surface area contributed by atoms with Gasteiger partial charge >= 0.3 is 0 Å². The van der Waals surface area contributed by atoms with Gasteiger partial charge in [0.05, 0.1) is 22.4 Å². The van der Waals surface area contributed by atoms with Gasteiger partial charge < -0.3 is 9.47 Å². The summed E-state index contributed by atoms with van der Waals surface area (Å²) in [7, 11) is 0. The fourth-order valence-electron chi connectivity index (χ4n) is 11.5. The van der Waals surface area contributed by atoms with E-state index < -0.39 is 0 Å². The van der Waals surface area contributed by atoms with Crippen LogP contribution < -0.4 is 4.90 Å². The Balaban J connectivity index is 1.01. The average Bonchev–Trinajstić information content (AvgIpc) is 3.80. The first-order valence-electron chi connectivity index (χ1n) is 24.8. The van der Waals surface area contributed by atoms with Crippen LogP contribution in [0.1, 0.15) is 0 Å². The summed E-state index contributed by atoms with van der Waals surface area (Å²) in [4.78, 5) is 2.50.